The van der Waals surface area contributed by atoms with Gasteiger partial charge in [-0.25, -0.2) is 4.39 Å². The second-order valence-electron chi connectivity index (χ2n) is 6.41. The van der Waals surface area contributed by atoms with Crippen LogP contribution in [0, 0.1) is 5.82 Å². The minimum atomic E-state index is -0.446. The third kappa shape index (κ3) is 3.77. The van der Waals surface area contributed by atoms with Crippen LogP contribution in [-0.4, -0.2) is 23.8 Å². The molecule has 0 unspecified atom stereocenters. The number of methoxy groups -OCH3 is 1. The summed E-state index contributed by atoms with van der Waals surface area (Å²) in [6.45, 7) is 0.130. The zero-order valence-electron chi connectivity index (χ0n) is 15.5. The molecule has 146 valence electrons. The summed E-state index contributed by atoms with van der Waals surface area (Å²) in [4.78, 5) is 28.1. The van der Waals surface area contributed by atoms with Crippen molar-refractivity contribution in [1.29, 1.82) is 0 Å². The van der Waals surface area contributed by atoms with Crippen LogP contribution in [0.15, 0.2) is 71.7 Å². The Hall–Kier alpha value is -3.45. The maximum absolute atomic E-state index is 13.6. The first-order chi connectivity index (χ1) is 14.1. The second-order valence-corrected chi connectivity index (χ2v) is 7.35. The van der Waals surface area contributed by atoms with Gasteiger partial charge in [0, 0.05) is 10.6 Å². The van der Waals surface area contributed by atoms with E-state index in [2.05, 4.69) is 5.32 Å². The largest absolute Gasteiger partial charge is 0.497 e. The van der Waals surface area contributed by atoms with E-state index in [1.165, 1.54) is 28.4 Å². The first-order valence-corrected chi connectivity index (χ1v) is 9.74. The molecule has 0 atom stereocenters. The van der Waals surface area contributed by atoms with Crippen LogP contribution in [0.4, 0.5) is 10.1 Å². The average molecular weight is 408 g/mol. The van der Waals surface area contributed by atoms with Crippen molar-refractivity contribution in [3.05, 3.63) is 88.0 Å². The summed E-state index contributed by atoms with van der Waals surface area (Å²) >= 11 is 1.37. The highest BCUT2D eigenvalue weighted by Gasteiger charge is 2.39. The number of carbonyl (C=O) groups excluding carboxylic acids is 2. The third-order valence-electron chi connectivity index (χ3n) is 4.53. The number of nitrogens with zero attached hydrogens (tertiary/aromatic N) is 1. The molecule has 3 aromatic rings. The topological polar surface area (TPSA) is 58.6 Å². The average Bonchev–Trinajstić information content (AvgIpc) is 3.32. The van der Waals surface area contributed by atoms with E-state index in [0.717, 1.165) is 5.56 Å². The maximum Gasteiger partial charge on any atom is 0.278 e. The zero-order valence-corrected chi connectivity index (χ0v) is 16.3. The number of anilines is 1. The van der Waals surface area contributed by atoms with Gasteiger partial charge in [0.25, 0.3) is 11.8 Å². The Bertz CT molecular complexity index is 1090. The van der Waals surface area contributed by atoms with Gasteiger partial charge in [-0.2, -0.15) is 0 Å². The first-order valence-electron chi connectivity index (χ1n) is 8.86. The molecule has 4 rings (SSSR count). The highest BCUT2D eigenvalue weighted by molar-refractivity contribution is 7.11. The molecule has 0 aliphatic carbocycles. The number of thiophene rings is 1. The highest BCUT2D eigenvalue weighted by atomic mass is 32.1. The van der Waals surface area contributed by atoms with Crippen molar-refractivity contribution in [2.24, 2.45) is 0 Å². The van der Waals surface area contributed by atoms with E-state index in [1.54, 1.807) is 37.4 Å². The molecule has 1 aliphatic heterocycles. The van der Waals surface area contributed by atoms with Gasteiger partial charge < -0.3 is 10.1 Å². The van der Waals surface area contributed by atoms with Crippen molar-refractivity contribution < 1.29 is 18.7 Å². The number of nitrogens with one attached hydrogen (secondary N) is 1. The molecule has 7 heteroatoms. The van der Waals surface area contributed by atoms with Crippen molar-refractivity contribution in [1.82, 2.24) is 4.90 Å². The Morgan fingerprint density at radius 1 is 1.03 bits per heavy atom. The van der Waals surface area contributed by atoms with Gasteiger partial charge in [-0.05, 0) is 47.3 Å². The van der Waals surface area contributed by atoms with E-state index >= 15 is 0 Å². The standard InChI is InChI=1S/C22H17FN2O3S/c1-28-17-9-7-14(8-10-17)13-25-21(26)19(18-6-3-11-29-18)20(22(25)27)24-16-5-2-4-15(23)12-16/h2-12,24H,13H2,1H3. The molecule has 0 spiro atoms. The van der Waals surface area contributed by atoms with Crippen molar-refractivity contribution in [2.75, 3.05) is 12.4 Å². The number of hydrogen-bond donors (Lipinski definition) is 1. The van der Waals surface area contributed by atoms with E-state index in [4.69, 9.17) is 4.74 Å². The number of carbonyl (C=O) groups is 2. The van der Waals surface area contributed by atoms with E-state index < -0.39 is 11.7 Å². The SMILES string of the molecule is COc1ccc(CN2C(=O)C(Nc3cccc(F)c3)=C(c3cccs3)C2=O)cc1. The van der Waals surface area contributed by atoms with Crippen LogP contribution in [0.5, 0.6) is 5.75 Å². The summed E-state index contributed by atoms with van der Waals surface area (Å²) in [6, 6.07) is 16.6. The summed E-state index contributed by atoms with van der Waals surface area (Å²) < 4.78 is 18.7. The predicted octanol–water partition coefficient (Wildman–Crippen LogP) is 4.29. The lowest BCUT2D eigenvalue weighted by atomic mass is 10.1. The van der Waals surface area contributed by atoms with Crippen LogP contribution in [0.25, 0.3) is 5.57 Å². The van der Waals surface area contributed by atoms with Crippen LogP contribution < -0.4 is 10.1 Å². The second kappa shape index (κ2) is 7.89. The first kappa shape index (κ1) is 18.9. The molecule has 2 aromatic carbocycles. The molecule has 2 heterocycles. The van der Waals surface area contributed by atoms with Gasteiger partial charge >= 0.3 is 0 Å². The van der Waals surface area contributed by atoms with Gasteiger partial charge in [-0.1, -0.05) is 24.3 Å². The fourth-order valence-electron chi connectivity index (χ4n) is 3.11. The van der Waals surface area contributed by atoms with Crippen LogP contribution in [-0.2, 0) is 16.1 Å². The molecule has 0 saturated carbocycles. The fraction of sp³-hybridized carbons (Fsp3) is 0.0909. The minimum Gasteiger partial charge on any atom is -0.497 e. The summed E-state index contributed by atoms with van der Waals surface area (Å²) in [5.74, 6) is -0.565. The Labute approximate surface area is 171 Å². The lowest BCUT2D eigenvalue weighted by molar-refractivity contribution is -0.137. The lowest BCUT2D eigenvalue weighted by Gasteiger charge is -2.15. The number of halogens is 1. The van der Waals surface area contributed by atoms with Crippen LogP contribution in [0.3, 0.4) is 0 Å². The van der Waals surface area contributed by atoms with Crippen molar-refractivity contribution in [3.8, 4) is 5.75 Å². The molecule has 0 radical (unpaired) electrons. The summed E-state index contributed by atoms with van der Waals surface area (Å²) in [5.41, 5.74) is 1.64. The zero-order chi connectivity index (χ0) is 20.4. The molecule has 1 aliphatic rings. The summed E-state index contributed by atoms with van der Waals surface area (Å²) in [5, 5.41) is 4.79. The van der Waals surface area contributed by atoms with Gasteiger partial charge in [-0.3, -0.25) is 14.5 Å². The Morgan fingerprint density at radius 2 is 1.83 bits per heavy atom. The van der Waals surface area contributed by atoms with E-state index in [0.29, 0.717) is 21.9 Å². The molecule has 29 heavy (non-hydrogen) atoms. The number of ether oxygens (including phenoxy) is 1. The van der Waals surface area contributed by atoms with Crippen LogP contribution >= 0.6 is 11.3 Å². The van der Waals surface area contributed by atoms with Gasteiger partial charge in [0.05, 0.1) is 19.2 Å². The van der Waals surface area contributed by atoms with Gasteiger partial charge in [0.1, 0.15) is 17.3 Å². The normalized spacial score (nSPS) is 13.9. The summed E-state index contributed by atoms with van der Waals surface area (Å²) in [7, 11) is 1.57. The van der Waals surface area contributed by atoms with E-state index in [-0.39, 0.29) is 18.1 Å². The smallest absolute Gasteiger partial charge is 0.278 e. The van der Waals surface area contributed by atoms with Crippen molar-refractivity contribution in [2.45, 2.75) is 6.54 Å². The van der Waals surface area contributed by atoms with E-state index in [1.807, 2.05) is 23.6 Å². The van der Waals surface area contributed by atoms with Crippen molar-refractivity contribution in [3.63, 3.8) is 0 Å². The molecule has 0 fully saturated rings. The Morgan fingerprint density at radius 3 is 2.48 bits per heavy atom. The summed E-state index contributed by atoms with van der Waals surface area (Å²) in [6.07, 6.45) is 0. The molecular weight excluding hydrogens is 391 g/mol. The number of imide groups is 1. The predicted molar refractivity (Wildman–Crippen MR) is 110 cm³/mol. The Kier molecular flexibility index (Phi) is 5.14. The molecule has 5 nitrogen and oxygen atoms in total. The molecule has 0 bridgehead atoms. The highest BCUT2D eigenvalue weighted by Crippen LogP contribution is 2.33. The van der Waals surface area contributed by atoms with Gasteiger partial charge in [0.15, 0.2) is 0 Å². The number of amides is 2. The molecule has 1 N–H and O–H groups in total. The van der Waals surface area contributed by atoms with Gasteiger partial charge in [0.2, 0.25) is 0 Å². The monoisotopic (exact) mass is 408 g/mol. The van der Waals surface area contributed by atoms with Gasteiger partial charge in [-0.15, -0.1) is 11.3 Å². The molecular formula is C22H17FN2O3S. The maximum atomic E-state index is 13.6. The molecule has 2 amide bonds. The van der Waals surface area contributed by atoms with E-state index in [9.17, 15) is 14.0 Å². The van der Waals surface area contributed by atoms with Crippen LogP contribution in [0.2, 0.25) is 0 Å². The number of benzene rings is 2. The Balaban J connectivity index is 1.67. The molecule has 1 aromatic heterocycles. The van der Waals surface area contributed by atoms with Crippen LogP contribution in [0.1, 0.15) is 10.4 Å². The quantitative estimate of drug-likeness (QED) is 0.619. The number of hydrogen-bond acceptors (Lipinski definition) is 5. The third-order valence-corrected chi connectivity index (χ3v) is 5.42. The molecule has 0 saturated heterocycles. The number of rotatable bonds is 6. The van der Waals surface area contributed by atoms with Crippen molar-refractivity contribution >= 4 is 34.4 Å². The fourth-order valence-corrected chi connectivity index (χ4v) is 3.88. The minimum absolute atomic E-state index is 0.130. The lowest BCUT2D eigenvalue weighted by Crippen LogP contribution is -2.31.